The van der Waals surface area contributed by atoms with Gasteiger partial charge in [-0.2, -0.15) is 5.10 Å². The molecule has 2 rings (SSSR count). The molecular formula is C10H10BrFN2. The molecule has 0 bridgehead atoms. The van der Waals surface area contributed by atoms with E-state index < -0.39 is 0 Å². The highest BCUT2D eigenvalue weighted by Gasteiger charge is 2.11. The summed E-state index contributed by atoms with van der Waals surface area (Å²) in [6.07, 6.45) is 0. The molecule has 4 heteroatoms. The Morgan fingerprint density at radius 2 is 2.14 bits per heavy atom. The molecule has 1 aromatic heterocycles. The zero-order valence-electron chi connectivity index (χ0n) is 7.96. The molecule has 2 nitrogen and oxygen atoms in total. The van der Waals surface area contributed by atoms with Crippen molar-refractivity contribution >= 4 is 26.8 Å². The average Bonchev–Trinajstić information content (AvgIpc) is 2.44. The highest BCUT2D eigenvalue weighted by Crippen LogP contribution is 2.26. The van der Waals surface area contributed by atoms with Crippen LogP contribution in [0.4, 0.5) is 4.39 Å². The molecule has 0 atom stereocenters. The van der Waals surface area contributed by atoms with Crippen molar-refractivity contribution in [3.63, 3.8) is 0 Å². The van der Waals surface area contributed by atoms with E-state index in [2.05, 4.69) is 21.0 Å². The van der Waals surface area contributed by atoms with Gasteiger partial charge in [0.05, 0.1) is 5.52 Å². The summed E-state index contributed by atoms with van der Waals surface area (Å²) in [6, 6.07) is 4.87. The van der Waals surface area contributed by atoms with E-state index in [9.17, 15) is 4.39 Å². The van der Waals surface area contributed by atoms with Crippen molar-refractivity contribution in [2.75, 3.05) is 0 Å². The summed E-state index contributed by atoms with van der Waals surface area (Å²) in [7, 11) is 0. The average molecular weight is 257 g/mol. The largest absolute Gasteiger partial charge is 0.255 e. The van der Waals surface area contributed by atoms with Crippen LogP contribution >= 0.6 is 15.9 Å². The van der Waals surface area contributed by atoms with Gasteiger partial charge in [0, 0.05) is 11.4 Å². The van der Waals surface area contributed by atoms with E-state index in [0.717, 1.165) is 15.5 Å². The fourth-order valence-electron chi connectivity index (χ4n) is 1.39. The summed E-state index contributed by atoms with van der Waals surface area (Å²) in [4.78, 5) is 0. The minimum Gasteiger partial charge on any atom is -0.255 e. The third-order valence-electron chi connectivity index (χ3n) is 2.09. The number of aromatic nitrogens is 2. The van der Waals surface area contributed by atoms with Gasteiger partial charge in [0.25, 0.3) is 0 Å². The van der Waals surface area contributed by atoms with Crippen molar-refractivity contribution in [2.45, 2.75) is 19.9 Å². The highest BCUT2D eigenvalue weighted by atomic mass is 79.9. The molecule has 0 fully saturated rings. The molecule has 0 unspecified atom stereocenters. The Bertz CT molecular complexity index is 476. The Hall–Kier alpha value is -0.900. The van der Waals surface area contributed by atoms with Crippen LogP contribution in [0.3, 0.4) is 0 Å². The number of hydrogen-bond donors (Lipinski definition) is 0. The van der Waals surface area contributed by atoms with E-state index in [1.807, 2.05) is 18.5 Å². The number of nitrogens with zero attached hydrogens (tertiary/aromatic N) is 2. The van der Waals surface area contributed by atoms with Gasteiger partial charge in [0.15, 0.2) is 0 Å². The highest BCUT2D eigenvalue weighted by molar-refractivity contribution is 9.10. The second-order valence-corrected chi connectivity index (χ2v) is 4.24. The summed E-state index contributed by atoms with van der Waals surface area (Å²) in [6.45, 7) is 4.07. The Kier molecular flexibility index (Phi) is 2.31. The lowest BCUT2D eigenvalue weighted by molar-refractivity contribution is 0.527. The number of halogens is 2. The predicted octanol–water partition coefficient (Wildman–Crippen LogP) is 3.52. The van der Waals surface area contributed by atoms with Crippen LogP contribution in [0, 0.1) is 5.82 Å². The topological polar surface area (TPSA) is 17.8 Å². The fraction of sp³-hybridized carbons (Fsp3) is 0.300. The molecule has 0 radical (unpaired) electrons. The first-order valence-electron chi connectivity index (χ1n) is 4.43. The Morgan fingerprint density at radius 3 is 2.79 bits per heavy atom. The van der Waals surface area contributed by atoms with Crippen molar-refractivity contribution in [2.24, 2.45) is 0 Å². The van der Waals surface area contributed by atoms with Crippen LogP contribution in [0.25, 0.3) is 10.9 Å². The Balaban J connectivity index is 2.74. The molecule has 1 heterocycles. The molecule has 0 amide bonds. The van der Waals surface area contributed by atoms with Crippen LogP contribution in [-0.2, 0) is 0 Å². The van der Waals surface area contributed by atoms with Gasteiger partial charge in [-0.05, 0) is 48.0 Å². The molecule has 0 saturated carbocycles. The van der Waals surface area contributed by atoms with Crippen LogP contribution in [0.5, 0.6) is 0 Å². The van der Waals surface area contributed by atoms with Gasteiger partial charge >= 0.3 is 0 Å². The molecule has 14 heavy (non-hydrogen) atoms. The van der Waals surface area contributed by atoms with Gasteiger partial charge in [-0.3, -0.25) is 4.68 Å². The fourth-order valence-corrected chi connectivity index (χ4v) is 2.19. The zero-order chi connectivity index (χ0) is 10.3. The van der Waals surface area contributed by atoms with Gasteiger partial charge in [0.1, 0.15) is 10.4 Å². The van der Waals surface area contributed by atoms with Crippen LogP contribution in [0.1, 0.15) is 19.9 Å². The molecule has 0 N–H and O–H groups in total. The molecule has 0 aliphatic heterocycles. The molecular weight excluding hydrogens is 247 g/mol. The molecule has 0 saturated heterocycles. The zero-order valence-corrected chi connectivity index (χ0v) is 9.55. The molecule has 2 aromatic rings. The first kappa shape index (κ1) is 9.65. The monoisotopic (exact) mass is 256 g/mol. The van der Waals surface area contributed by atoms with E-state index >= 15 is 0 Å². The van der Waals surface area contributed by atoms with Crippen LogP contribution in [0.15, 0.2) is 22.8 Å². The summed E-state index contributed by atoms with van der Waals surface area (Å²) >= 11 is 3.42. The molecule has 0 aliphatic carbocycles. The summed E-state index contributed by atoms with van der Waals surface area (Å²) in [5.74, 6) is -0.235. The third kappa shape index (κ3) is 1.43. The maximum Gasteiger partial charge on any atom is 0.124 e. The summed E-state index contributed by atoms with van der Waals surface area (Å²) in [5, 5.41) is 5.17. The second kappa shape index (κ2) is 3.35. The minimum atomic E-state index is -0.235. The Labute approximate surface area is 89.8 Å². The first-order valence-corrected chi connectivity index (χ1v) is 5.22. The Morgan fingerprint density at radius 1 is 1.43 bits per heavy atom. The lowest BCUT2D eigenvalue weighted by atomic mass is 10.2. The van der Waals surface area contributed by atoms with Crippen LogP contribution in [0.2, 0.25) is 0 Å². The maximum atomic E-state index is 13.0. The van der Waals surface area contributed by atoms with Crippen molar-refractivity contribution in [1.82, 2.24) is 9.78 Å². The number of fused-ring (bicyclic) bond motifs is 1. The lowest BCUT2D eigenvalue weighted by Gasteiger charge is -2.05. The van der Waals surface area contributed by atoms with Gasteiger partial charge < -0.3 is 0 Å². The summed E-state index contributed by atoms with van der Waals surface area (Å²) in [5.41, 5.74) is 0.812. The van der Waals surface area contributed by atoms with Crippen molar-refractivity contribution in [3.8, 4) is 0 Å². The number of rotatable bonds is 1. The normalized spacial score (nSPS) is 11.5. The SMILES string of the molecule is CC(C)n1nc2ccc(F)cc2c1Br. The van der Waals surface area contributed by atoms with Crippen molar-refractivity contribution in [1.29, 1.82) is 0 Å². The van der Waals surface area contributed by atoms with E-state index in [1.54, 1.807) is 6.07 Å². The second-order valence-electron chi connectivity index (χ2n) is 3.49. The lowest BCUT2D eigenvalue weighted by Crippen LogP contribution is -2.02. The molecule has 1 aromatic carbocycles. The quantitative estimate of drug-likeness (QED) is 0.764. The van der Waals surface area contributed by atoms with Crippen LogP contribution < -0.4 is 0 Å². The third-order valence-corrected chi connectivity index (χ3v) is 2.88. The smallest absolute Gasteiger partial charge is 0.124 e. The standard InChI is InChI=1S/C10H10BrFN2/c1-6(2)14-10(11)8-5-7(12)3-4-9(8)13-14/h3-6H,1-2H3. The number of benzene rings is 1. The van der Waals surface area contributed by atoms with E-state index in [4.69, 9.17) is 0 Å². The van der Waals surface area contributed by atoms with E-state index in [-0.39, 0.29) is 11.9 Å². The van der Waals surface area contributed by atoms with Gasteiger partial charge in [-0.25, -0.2) is 4.39 Å². The molecule has 0 spiro atoms. The van der Waals surface area contributed by atoms with Crippen molar-refractivity contribution in [3.05, 3.63) is 28.6 Å². The van der Waals surface area contributed by atoms with Gasteiger partial charge in [0.2, 0.25) is 0 Å². The first-order chi connectivity index (χ1) is 6.59. The maximum absolute atomic E-state index is 13.0. The number of hydrogen-bond acceptors (Lipinski definition) is 1. The molecule has 0 aliphatic rings. The van der Waals surface area contributed by atoms with Crippen LogP contribution in [-0.4, -0.2) is 9.78 Å². The van der Waals surface area contributed by atoms with E-state index in [0.29, 0.717) is 0 Å². The van der Waals surface area contributed by atoms with Gasteiger partial charge in [-0.15, -0.1) is 0 Å². The summed E-state index contributed by atoms with van der Waals surface area (Å²) < 4.78 is 15.6. The van der Waals surface area contributed by atoms with E-state index in [1.165, 1.54) is 12.1 Å². The van der Waals surface area contributed by atoms with Crippen molar-refractivity contribution < 1.29 is 4.39 Å². The minimum absolute atomic E-state index is 0.235. The molecule has 74 valence electrons. The predicted molar refractivity (Wildman–Crippen MR) is 57.8 cm³/mol. The van der Waals surface area contributed by atoms with Gasteiger partial charge in [-0.1, -0.05) is 0 Å².